The maximum Gasteiger partial charge on any atom is 0.338 e. The molecule has 0 saturated carbocycles. The molecule has 7 heteroatoms. The van der Waals surface area contributed by atoms with Crippen LogP contribution in [0.2, 0.25) is 5.02 Å². The lowest BCUT2D eigenvalue weighted by Gasteiger charge is -2.20. The number of aryl methyl sites for hydroxylation is 2. The molecule has 0 spiro atoms. The highest BCUT2D eigenvalue weighted by Crippen LogP contribution is 2.30. The largest absolute Gasteiger partial charge is 0.493 e. The third kappa shape index (κ3) is 6.38. The summed E-state index contributed by atoms with van der Waals surface area (Å²) in [5, 5.41) is 3.51. The summed E-state index contributed by atoms with van der Waals surface area (Å²) in [6.45, 7) is 1.81. The summed E-state index contributed by atoms with van der Waals surface area (Å²) >= 11 is 6.18. The number of amides is 1. The van der Waals surface area contributed by atoms with E-state index in [0.717, 1.165) is 24.0 Å². The van der Waals surface area contributed by atoms with Crippen LogP contribution < -0.4 is 14.8 Å². The average molecular weight is 508 g/mol. The molecule has 0 fully saturated rings. The molecule has 0 heterocycles. The maximum absolute atomic E-state index is 12.6. The van der Waals surface area contributed by atoms with Gasteiger partial charge in [-0.1, -0.05) is 48.0 Å². The van der Waals surface area contributed by atoms with Crippen LogP contribution in [0.4, 0.5) is 0 Å². The van der Waals surface area contributed by atoms with E-state index in [1.807, 2.05) is 25.1 Å². The number of hydrogen-bond donors (Lipinski definition) is 1. The number of rotatable bonds is 9. The van der Waals surface area contributed by atoms with Gasteiger partial charge in [0.15, 0.2) is 18.1 Å². The molecule has 188 valence electrons. The minimum Gasteiger partial charge on any atom is -0.493 e. The highest BCUT2D eigenvalue weighted by Gasteiger charge is 2.17. The molecular formula is C29H30ClNO5. The molecule has 36 heavy (non-hydrogen) atoms. The van der Waals surface area contributed by atoms with Gasteiger partial charge >= 0.3 is 5.97 Å². The van der Waals surface area contributed by atoms with E-state index in [1.54, 1.807) is 18.2 Å². The zero-order chi connectivity index (χ0) is 25.5. The van der Waals surface area contributed by atoms with Crippen molar-refractivity contribution in [2.75, 3.05) is 13.7 Å². The first-order chi connectivity index (χ1) is 17.4. The van der Waals surface area contributed by atoms with Crippen molar-refractivity contribution in [1.82, 2.24) is 5.32 Å². The maximum atomic E-state index is 12.6. The minimum atomic E-state index is -0.623. The van der Waals surface area contributed by atoms with E-state index in [-0.39, 0.29) is 30.7 Å². The summed E-state index contributed by atoms with van der Waals surface area (Å²) < 4.78 is 16.4. The quantitative estimate of drug-likeness (QED) is 0.368. The zero-order valence-electron chi connectivity index (χ0n) is 20.5. The van der Waals surface area contributed by atoms with Crippen molar-refractivity contribution in [3.05, 3.63) is 93.5 Å². The summed E-state index contributed by atoms with van der Waals surface area (Å²) in [6, 6.07) is 18.3. The molecule has 1 amide bonds. The average Bonchev–Trinajstić information content (AvgIpc) is 2.90. The van der Waals surface area contributed by atoms with E-state index in [9.17, 15) is 9.59 Å². The number of esters is 1. The van der Waals surface area contributed by atoms with Gasteiger partial charge in [0.25, 0.3) is 5.91 Å². The molecule has 4 rings (SSSR count). The van der Waals surface area contributed by atoms with Crippen molar-refractivity contribution in [3.8, 4) is 11.5 Å². The van der Waals surface area contributed by atoms with E-state index >= 15 is 0 Å². The van der Waals surface area contributed by atoms with Gasteiger partial charge in [-0.15, -0.1) is 0 Å². The summed E-state index contributed by atoms with van der Waals surface area (Å²) in [5.74, 6) is -0.143. The fourth-order valence-electron chi connectivity index (χ4n) is 4.29. The van der Waals surface area contributed by atoms with Crippen molar-refractivity contribution in [3.63, 3.8) is 0 Å². The van der Waals surface area contributed by atoms with Gasteiger partial charge in [-0.2, -0.15) is 0 Å². The Morgan fingerprint density at radius 3 is 2.53 bits per heavy atom. The predicted molar refractivity (Wildman–Crippen MR) is 139 cm³/mol. The Kier molecular flexibility index (Phi) is 8.49. The molecule has 1 N–H and O–H groups in total. The third-order valence-electron chi connectivity index (χ3n) is 6.32. The van der Waals surface area contributed by atoms with Crippen LogP contribution in [0.3, 0.4) is 0 Å². The molecule has 6 nitrogen and oxygen atoms in total. The van der Waals surface area contributed by atoms with Crippen molar-refractivity contribution >= 4 is 23.5 Å². The predicted octanol–water partition coefficient (Wildman–Crippen LogP) is 5.84. The molecule has 1 atom stereocenters. The monoisotopic (exact) mass is 507 g/mol. The molecule has 3 aromatic carbocycles. The number of methoxy groups -OCH3 is 1. The molecule has 1 aliphatic rings. The summed E-state index contributed by atoms with van der Waals surface area (Å²) in [5.41, 5.74) is 4.90. The molecule has 0 saturated heterocycles. The third-order valence-corrected chi connectivity index (χ3v) is 6.69. The van der Waals surface area contributed by atoms with Crippen molar-refractivity contribution < 1.29 is 23.8 Å². The normalized spacial score (nSPS) is 13.3. The zero-order valence-corrected chi connectivity index (χ0v) is 21.3. The molecule has 0 radical (unpaired) electrons. The Morgan fingerprint density at radius 1 is 0.972 bits per heavy atom. The Bertz CT molecular complexity index is 1240. The number of nitrogens with one attached hydrogen (secondary N) is 1. The summed E-state index contributed by atoms with van der Waals surface area (Å²) in [7, 11) is 1.49. The van der Waals surface area contributed by atoms with Gasteiger partial charge in [-0.05, 0) is 73.6 Å². The molecule has 0 aliphatic heterocycles. The lowest BCUT2D eigenvalue weighted by Crippen LogP contribution is -2.31. The lowest BCUT2D eigenvalue weighted by atomic mass is 9.89. The minimum absolute atomic E-state index is 0.182. The first-order valence-corrected chi connectivity index (χ1v) is 12.4. The molecular weight excluding hydrogens is 478 g/mol. The van der Waals surface area contributed by atoms with Gasteiger partial charge in [-0.25, -0.2) is 4.79 Å². The second-order valence-corrected chi connectivity index (χ2v) is 9.25. The summed E-state index contributed by atoms with van der Waals surface area (Å²) in [4.78, 5) is 25.0. The van der Waals surface area contributed by atoms with Gasteiger partial charge in [-0.3, -0.25) is 4.79 Å². The Morgan fingerprint density at radius 2 is 1.75 bits per heavy atom. The standard InChI is InChI=1S/C29H30ClNO5/c1-19(21-12-11-20-7-3-4-8-22(20)15-21)31-28(32)18-36-29(33)23-13-14-26(27(16-23)34-2)35-17-24-9-5-6-10-25(24)30/h5-6,9-16,19H,3-4,7-8,17-18H2,1-2H3,(H,31,32)/t19-/m1/s1. The van der Waals surface area contributed by atoms with E-state index in [4.69, 9.17) is 25.8 Å². The van der Waals surface area contributed by atoms with Crippen LogP contribution in [0.1, 0.15) is 58.4 Å². The van der Waals surface area contributed by atoms with E-state index in [1.165, 1.54) is 37.1 Å². The van der Waals surface area contributed by atoms with Crippen molar-refractivity contribution in [2.24, 2.45) is 0 Å². The summed E-state index contributed by atoms with van der Waals surface area (Å²) in [6.07, 6.45) is 4.63. The van der Waals surface area contributed by atoms with Crippen LogP contribution in [-0.2, 0) is 29.0 Å². The number of benzene rings is 3. The van der Waals surface area contributed by atoms with Gasteiger partial charge in [0.1, 0.15) is 6.61 Å². The first kappa shape index (κ1) is 25.6. The fourth-order valence-corrected chi connectivity index (χ4v) is 4.48. The van der Waals surface area contributed by atoms with Gasteiger partial charge in [0, 0.05) is 10.6 Å². The first-order valence-electron chi connectivity index (χ1n) is 12.1. The van der Waals surface area contributed by atoms with Gasteiger partial charge in [0.2, 0.25) is 0 Å². The van der Waals surface area contributed by atoms with Crippen LogP contribution in [0.5, 0.6) is 11.5 Å². The van der Waals surface area contributed by atoms with Gasteiger partial charge < -0.3 is 19.5 Å². The van der Waals surface area contributed by atoms with Crippen LogP contribution in [0.15, 0.2) is 60.7 Å². The van der Waals surface area contributed by atoms with Crippen LogP contribution in [0.25, 0.3) is 0 Å². The molecule has 1 aliphatic carbocycles. The number of carbonyl (C=O) groups is 2. The number of halogens is 1. The molecule has 0 unspecified atom stereocenters. The van der Waals surface area contributed by atoms with Crippen LogP contribution in [-0.4, -0.2) is 25.6 Å². The molecule has 0 bridgehead atoms. The van der Waals surface area contributed by atoms with Crippen LogP contribution in [0, 0.1) is 0 Å². The van der Waals surface area contributed by atoms with Crippen molar-refractivity contribution in [1.29, 1.82) is 0 Å². The Balaban J connectivity index is 1.30. The van der Waals surface area contributed by atoms with Crippen LogP contribution >= 0.6 is 11.6 Å². The molecule has 3 aromatic rings. The van der Waals surface area contributed by atoms with E-state index < -0.39 is 5.97 Å². The topological polar surface area (TPSA) is 73.9 Å². The number of carbonyl (C=O) groups excluding carboxylic acids is 2. The molecule has 0 aromatic heterocycles. The Hall–Kier alpha value is -3.51. The Labute approximate surface area is 216 Å². The van der Waals surface area contributed by atoms with E-state index in [2.05, 4.69) is 23.5 Å². The van der Waals surface area contributed by atoms with Crippen molar-refractivity contribution in [2.45, 2.75) is 45.3 Å². The number of ether oxygens (including phenoxy) is 3. The second kappa shape index (κ2) is 12.0. The highest BCUT2D eigenvalue weighted by molar-refractivity contribution is 6.31. The lowest BCUT2D eigenvalue weighted by molar-refractivity contribution is -0.124. The van der Waals surface area contributed by atoms with Gasteiger partial charge in [0.05, 0.1) is 18.7 Å². The highest BCUT2D eigenvalue weighted by atomic mass is 35.5. The second-order valence-electron chi connectivity index (χ2n) is 8.85. The smallest absolute Gasteiger partial charge is 0.338 e. The number of fused-ring (bicyclic) bond motifs is 1. The SMILES string of the molecule is COc1cc(C(=O)OCC(=O)N[C@H](C)c2ccc3c(c2)CCCC3)ccc1OCc1ccccc1Cl. The van der Waals surface area contributed by atoms with E-state index in [0.29, 0.717) is 16.5 Å². The fraction of sp³-hybridized carbons (Fsp3) is 0.310. The number of hydrogen-bond acceptors (Lipinski definition) is 5.